The molecule has 1 aliphatic carbocycles. The summed E-state index contributed by atoms with van der Waals surface area (Å²) in [6, 6.07) is 0. The van der Waals surface area contributed by atoms with E-state index < -0.39 is 9.05 Å². The highest BCUT2D eigenvalue weighted by atomic mass is 35.7. The largest absolute Gasteiger partial charge is 0.266 e. The van der Waals surface area contributed by atoms with Gasteiger partial charge in [0, 0.05) is 23.1 Å². The third kappa shape index (κ3) is 2.46. The molecule has 0 saturated heterocycles. The summed E-state index contributed by atoms with van der Waals surface area (Å²) in [5, 5.41) is 4.43. The van der Waals surface area contributed by atoms with Crippen LogP contribution >= 0.6 is 22.3 Å². The molecule has 1 aromatic heterocycles. The Labute approximate surface area is 110 Å². The molecule has 0 N–H and O–H groups in total. The number of hydrogen-bond acceptors (Lipinski definition) is 3. The molecular formula is C10H14Cl2N2O2S. The first-order chi connectivity index (χ1) is 7.95. The Balaban J connectivity index is 2.57. The van der Waals surface area contributed by atoms with Gasteiger partial charge in [-0.25, -0.2) is 8.42 Å². The van der Waals surface area contributed by atoms with E-state index in [1.807, 2.05) is 6.92 Å². The minimum Gasteiger partial charge on any atom is -0.253 e. The Hall–Kier alpha value is -0.260. The van der Waals surface area contributed by atoms with Crippen LogP contribution in [-0.2, 0) is 15.6 Å². The zero-order valence-electron chi connectivity index (χ0n) is 9.49. The van der Waals surface area contributed by atoms with Crippen molar-refractivity contribution in [1.29, 1.82) is 0 Å². The standard InChI is InChI=1S/C10H14Cl2N2O2S/c1-2-14-10(11)9(17(12,15)16)8(13-14)7-5-3-4-6-7/h7H,2-6H2,1H3. The Morgan fingerprint density at radius 3 is 2.47 bits per heavy atom. The van der Waals surface area contributed by atoms with E-state index >= 15 is 0 Å². The molecule has 1 saturated carbocycles. The Bertz CT molecular complexity index is 519. The first kappa shape index (κ1) is 13.2. The maximum Gasteiger partial charge on any atom is 0.266 e. The highest BCUT2D eigenvalue weighted by Crippen LogP contribution is 2.40. The van der Waals surface area contributed by atoms with E-state index in [-0.39, 0.29) is 16.0 Å². The summed E-state index contributed by atoms with van der Waals surface area (Å²) >= 11 is 6.03. The van der Waals surface area contributed by atoms with Gasteiger partial charge in [-0.2, -0.15) is 5.10 Å². The van der Waals surface area contributed by atoms with E-state index in [1.54, 1.807) is 0 Å². The Morgan fingerprint density at radius 2 is 2.00 bits per heavy atom. The highest BCUT2D eigenvalue weighted by molar-refractivity contribution is 8.13. The summed E-state index contributed by atoms with van der Waals surface area (Å²) in [4.78, 5) is 0.00887. The molecule has 0 unspecified atom stereocenters. The van der Waals surface area contributed by atoms with Crippen molar-refractivity contribution in [1.82, 2.24) is 9.78 Å². The maximum atomic E-state index is 11.6. The van der Waals surface area contributed by atoms with Crippen molar-refractivity contribution in [3.8, 4) is 0 Å². The van der Waals surface area contributed by atoms with Crippen LogP contribution in [0.4, 0.5) is 0 Å². The quantitative estimate of drug-likeness (QED) is 0.805. The molecule has 0 spiro atoms. The van der Waals surface area contributed by atoms with Gasteiger partial charge in [-0.15, -0.1) is 0 Å². The van der Waals surface area contributed by atoms with Gasteiger partial charge in [-0.05, 0) is 19.8 Å². The normalized spacial score (nSPS) is 17.8. The number of aryl methyl sites for hydroxylation is 1. The van der Waals surface area contributed by atoms with Crippen LogP contribution in [0.2, 0.25) is 5.15 Å². The van der Waals surface area contributed by atoms with Crippen molar-refractivity contribution in [3.63, 3.8) is 0 Å². The highest BCUT2D eigenvalue weighted by Gasteiger charge is 2.31. The smallest absolute Gasteiger partial charge is 0.253 e. The van der Waals surface area contributed by atoms with E-state index in [9.17, 15) is 8.42 Å². The molecule has 17 heavy (non-hydrogen) atoms. The van der Waals surface area contributed by atoms with Crippen LogP contribution in [0.1, 0.15) is 44.2 Å². The second-order valence-corrected chi connectivity index (χ2v) is 7.10. The van der Waals surface area contributed by atoms with Crippen LogP contribution in [0.3, 0.4) is 0 Å². The van der Waals surface area contributed by atoms with Crippen LogP contribution in [0, 0.1) is 0 Å². The third-order valence-corrected chi connectivity index (χ3v) is 5.01. The van der Waals surface area contributed by atoms with Gasteiger partial charge in [-0.3, -0.25) is 4.68 Å². The van der Waals surface area contributed by atoms with Crippen molar-refractivity contribution >= 4 is 31.3 Å². The van der Waals surface area contributed by atoms with Gasteiger partial charge in [0.1, 0.15) is 10.0 Å². The lowest BCUT2D eigenvalue weighted by atomic mass is 10.1. The van der Waals surface area contributed by atoms with E-state index in [0.717, 1.165) is 25.7 Å². The third-order valence-electron chi connectivity index (χ3n) is 3.16. The molecule has 96 valence electrons. The number of aromatic nitrogens is 2. The van der Waals surface area contributed by atoms with E-state index in [0.29, 0.717) is 12.2 Å². The fraction of sp³-hybridized carbons (Fsp3) is 0.700. The van der Waals surface area contributed by atoms with Crippen molar-refractivity contribution in [2.24, 2.45) is 0 Å². The van der Waals surface area contributed by atoms with Crippen LogP contribution < -0.4 is 0 Å². The zero-order valence-corrected chi connectivity index (χ0v) is 11.8. The van der Waals surface area contributed by atoms with Crippen LogP contribution in [-0.4, -0.2) is 18.2 Å². The summed E-state index contributed by atoms with van der Waals surface area (Å²) in [5.74, 6) is 0.170. The molecule has 0 bridgehead atoms. The van der Waals surface area contributed by atoms with Gasteiger partial charge in [0.05, 0.1) is 5.69 Å². The predicted octanol–water partition coefficient (Wildman–Crippen LogP) is 3.14. The second kappa shape index (κ2) is 4.78. The Kier molecular flexibility index (Phi) is 3.71. The molecule has 1 fully saturated rings. The maximum absolute atomic E-state index is 11.6. The second-order valence-electron chi connectivity index (χ2n) is 4.24. The Morgan fingerprint density at radius 1 is 1.41 bits per heavy atom. The molecule has 0 amide bonds. The summed E-state index contributed by atoms with van der Waals surface area (Å²) in [5.41, 5.74) is 0.546. The lowest BCUT2D eigenvalue weighted by Crippen LogP contribution is -2.01. The molecule has 0 radical (unpaired) electrons. The molecule has 1 aromatic rings. The van der Waals surface area contributed by atoms with Crippen LogP contribution in [0.15, 0.2) is 4.90 Å². The fourth-order valence-electron chi connectivity index (χ4n) is 2.34. The van der Waals surface area contributed by atoms with Crippen molar-refractivity contribution in [2.75, 3.05) is 0 Å². The van der Waals surface area contributed by atoms with Gasteiger partial charge in [-0.1, -0.05) is 24.4 Å². The van der Waals surface area contributed by atoms with Crippen molar-refractivity contribution in [2.45, 2.75) is 50.0 Å². The molecule has 2 rings (SSSR count). The first-order valence-electron chi connectivity index (χ1n) is 5.66. The number of hydrogen-bond donors (Lipinski definition) is 0. The molecule has 1 aliphatic rings. The van der Waals surface area contributed by atoms with E-state index in [1.165, 1.54) is 4.68 Å². The minimum atomic E-state index is -3.83. The summed E-state index contributed by atoms with van der Waals surface area (Å²) in [7, 11) is 1.62. The van der Waals surface area contributed by atoms with Crippen LogP contribution in [0.5, 0.6) is 0 Å². The van der Waals surface area contributed by atoms with Crippen molar-refractivity contribution in [3.05, 3.63) is 10.8 Å². The molecule has 1 heterocycles. The molecular weight excluding hydrogens is 283 g/mol. The van der Waals surface area contributed by atoms with Gasteiger partial charge in [0.15, 0.2) is 0 Å². The minimum absolute atomic E-state index is 0.00887. The van der Waals surface area contributed by atoms with Gasteiger partial charge in [0.2, 0.25) is 0 Å². The number of rotatable bonds is 3. The monoisotopic (exact) mass is 296 g/mol. The van der Waals surface area contributed by atoms with Crippen LogP contribution in [0.25, 0.3) is 0 Å². The van der Waals surface area contributed by atoms with Gasteiger partial charge >= 0.3 is 0 Å². The summed E-state index contributed by atoms with van der Waals surface area (Å²) in [6.07, 6.45) is 4.11. The molecule has 0 aliphatic heterocycles. The first-order valence-corrected chi connectivity index (χ1v) is 8.34. The molecule has 0 aromatic carbocycles. The van der Waals surface area contributed by atoms with E-state index in [4.69, 9.17) is 22.3 Å². The molecule has 7 heteroatoms. The number of nitrogens with zero attached hydrogens (tertiary/aromatic N) is 2. The van der Waals surface area contributed by atoms with Crippen molar-refractivity contribution < 1.29 is 8.42 Å². The lowest BCUT2D eigenvalue weighted by Gasteiger charge is -2.06. The van der Waals surface area contributed by atoms with Gasteiger partial charge in [0.25, 0.3) is 9.05 Å². The lowest BCUT2D eigenvalue weighted by molar-refractivity contribution is 0.601. The SMILES string of the molecule is CCn1nc(C2CCCC2)c(S(=O)(=O)Cl)c1Cl. The number of halogens is 2. The molecule has 4 nitrogen and oxygen atoms in total. The zero-order chi connectivity index (χ0) is 12.6. The average molecular weight is 297 g/mol. The summed E-state index contributed by atoms with van der Waals surface area (Å²) in [6.45, 7) is 2.40. The average Bonchev–Trinajstić information content (AvgIpc) is 2.82. The summed E-state index contributed by atoms with van der Waals surface area (Å²) < 4.78 is 24.7. The predicted molar refractivity (Wildman–Crippen MR) is 67.2 cm³/mol. The van der Waals surface area contributed by atoms with Gasteiger partial charge < -0.3 is 0 Å². The fourth-order valence-corrected chi connectivity index (χ4v) is 4.24. The van der Waals surface area contributed by atoms with E-state index in [2.05, 4.69) is 5.10 Å². The molecule has 0 atom stereocenters. The topological polar surface area (TPSA) is 52.0 Å².